The zero-order valence-corrected chi connectivity index (χ0v) is 25.7. The topological polar surface area (TPSA) is 75.6 Å². The second kappa shape index (κ2) is 13.0. The lowest BCUT2D eigenvalue weighted by molar-refractivity contribution is 0.0955. The highest BCUT2D eigenvalue weighted by molar-refractivity contribution is 9.10. The Kier molecular flexibility index (Phi) is 8.58. The Morgan fingerprint density at radius 2 is 1.72 bits per heavy atom. The van der Waals surface area contributed by atoms with Crippen LogP contribution in [0.15, 0.2) is 124 Å². The largest absolute Gasteiger partial charge is 0.488 e. The van der Waals surface area contributed by atoms with Crippen molar-refractivity contribution in [3.8, 4) is 17.0 Å². The number of aryl methyl sites for hydroxylation is 1. The number of carbonyl (C=O) groups is 1. The Hall–Kier alpha value is -4.79. The highest BCUT2D eigenvalue weighted by Gasteiger charge is 2.09. The molecule has 0 saturated carbocycles. The summed E-state index contributed by atoms with van der Waals surface area (Å²) in [6.07, 6.45) is 1.59. The fraction of sp³-hybridized carbons (Fsp3) is 0.0571. The number of hydrogen-bond acceptors (Lipinski definition) is 6. The van der Waals surface area contributed by atoms with E-state index >= 15 is 0 Å². The third-order valence-electron chi connectivity index (χ3n) is 6.80. The van der Waals surface area contributed by atoms with Gasteiger partial charge in [-0.05, 0) is 71.8 Å². The molecule has 6 aromatic rings. The molecule has 0 radical (unpaired) electrons. The summed E-state index contributed by atoms with van der Waals surface area (Å²) in [5, 5.41) is 12.7. The molecule has 1 heterocycles. The normalized spacial score (nSPS) is 11.1. The van der Waals surface area contributed by atoms with Crippen molar-refractivity contribution >= 4 is 61.0 Å². The monoisotopic (exact) mass is 646 g/mol. The fourth-order valence-corrected chi connectivity index (χ4v) is 5.60. The van der Waals surface area contributed by atoms with E-state index < -0.39 is 0 Å². The molecule has 0 aliphatic heterocycles. The van der Waals surface area contributed by atoms with Crippen molar-refractivity contribution < 1.29 is 9.53 Å². The van der Waals surface area contributed by atoms with Gasteiger partial charge in [0, 0.05) is 32.2 Å². The summed E-state index contributed by atoms with van der Waals surface area (Å²) >= 11 is 5.04. The lowest BCUT2D eigenvalue weighted by Gasteiger charge is -2.10. The summed E-state index contributed by atoms with van der Waals surface area (Å²) in [6, 6.07) is 35.7. The van der Waals surface area contributed by atoms with Crippen molar-refractivity contribution in [3.63, 3.8) is 0 Å². The molecule has 1 amide bonds. The Morgan fingerprint density at radius 3 is 2.53 bits per heavy atom. The molecule has 6 rings (SSSR count). The Bertz CT molecular complexity index is 1920. The van der Waals surface area contributed by atoms with Crippen LogP contribution in [0.2, 0.25) is 0 Å². The van der Waals surface area contributed by atoms with Gasteiger partial charge in [-0.2, -0.15) is 5.10 Å². The number of anilines is 2. The van der Waals surface area contributed by atoms with E-state index in [-0.39, 0.29) is 5.91 Å². The van der Waals surface area contributed by atoms with Gasteiger partial charge in [0.15, 0.2) is 5.13 Å². The number of carbonyl (C=O) groups excluding carboxylic acids is 1. The number of nitrogens with one attached hydrogen (secondary N) is 2. The number of benzene rings is 5. The molecule has 0 saturated heterocycles. The van der Waals surface area contributed by atoms with Crippen molar-refractivity contribution in [3.05, 3.63) is 141 Å². The summed E-state index contributed by atoms with van der Waals surface area (Å²) in [5.41, 5.74) is 8.89. The van der Waals surface area contributed by atoms with Gasteiger partial charge in [-0.15, -0.1) is 11.3 Å². The minimum Gasteiger partial charge on any atom is -0.488 e. The number of hydrazone groups is 1. The van der Waals surface area contributed by atoms with Gasteiger partial charge >= 0.3 is 0 Å². The number of aromatic nitrogens is 1. The lowest BCUT2D eigenvalue weighted by atomic mass is 10.1. The van der Waals surface area contributed by atoms with Crippen molar-refractivity contribution in [2.45, 2.75) is 13.5 Å². The van der Waals surface area contributed by atoms with Crippen LogP contribution in [0.25, 0.3) is 22.0 Å². The molecule has 43 heavy (non-hydrogen) atoms. The number of ether oxygens (including phenoxy) is 1. The zero-order chi connectivity index (χ0) is 29.6. The van der Waals surface area contributed by atoms with Crippen LogP contribution in [0.3, 0.4) is 0 Å². The first-order valence-electron chi connectivity index (χ1n) is 13.6. The van der Waals surface area contributed by atoms with Crippen molar-refractivity contribution in [1.29, 1.82) is 0 Å². The summed E-state index contributed by atoms with van der Waals surface area (Å²) < 4.78 is 7.01. The predicted molar refractivity (Wildman–Crippen MR) is 179 cm³/mol. The molecule has 2 N–H and O–H groups in total. The highest BCUT2D eigenvalue weighted by atomic mass is 79.9. The molecular weight excluding hydrogens is 620 g/mol. The summed E-state index contributed by atoms with van der Waals surface area (Å²) in [4.78, 5) is 17.5. The average molecular weight is 648 g/mol. The number of hydrogen-bond donors (Lipinski definition) is 2. The van der Waals surface area contributed by atoms with Gasteiger partial charge < -0.3 is 10.1 Å². The van der Waals surface area contributed by atoms with E-state index in [0.29, 0.717) is 17.9 Å². The first kappa shape index (κ1) is 28.3. The molecule has 0 aliphatic rings. The molecule has 8 heteroatoms. The quantitative estimate of drug-likeness (QED) is 0.121. The summed E-state index contributed by atoms with van der Waals surface area (Å²) in [7, 11) is 0. The second-order valence-electron chi connectivity index (χ2n) is 9.96. The predicted octanol–water partition coefficient (Wildman–Crippen LogP) is 9.12. The van der Waals surface area contributed by atoms with Gasteiger partial charge in [0.2, 0.25) is 0 Å². The Morgan fingerprint density at radius 1 is 0.930 bits per heavy atom. The third-order valence-corrected chi connectivity index (χ3v) is 8.05. The van der Waals surface area contributed by atoms with E-state index in [0.717, 1.165) is 37.7 Å². The average Bonchev–Trinajstić information content (AvgIpc) is 3.50. The molecule has 0 spiro atoms. The smallest absolute Gasteiger partial charge is 0.271 e. The molecule has 0 aliphatic carbocycles. The van der Waals surface area contributed by atoms with Gasteiger partial charge in [-0.25, -0.2) is 10.4 Å². The van der Waals surface area contributed by atoms with E-state index in [1.54, 1.807) is 18.3 Å². The molecule has 0 fully saturated rings. The lowest BCUT2D eigenvalue weighted by Crippen LogP contribution is -2.17. The molecule has 1 aromatic heterocycles. The standard InChI is InChI=1S/C35H27BrN4O2S/c1-23-6-15-31(16-7-23)38-35-39-32(22-43-35)26-10-12-27(13-11-26)34(41)40-37-20-29-19-30(36)14-17-33(29)42-21-24-8-9-25-4-2-3-5-28(25)18-24/h2-20,22H,21H2,1H3,(H,38,39)(H,40,41)/b37-20-. The minimum absolute atomic E-state index is 0.309. The number of fused-ring (bicyclic) bond motifs is 1. The van der Waals surface area contributed by atoms with E-state index in [4.69, 9.17) is 4.74 Å². The van der Waals surface area contributed by atoms with Crippen LogP contribution in [0.4, 0.5) is 10.8 Å². The summed E-state index contributed by atoms with van der Waals surface area (Å²) in [5.74, 6) is 0.356. The van der Waals surface area contributed by atoms with E-state index in [1.807, 2.05) is 60.0 Å². The number of amides is 1. The van der Waals surface area contributed by atoms with Crippen molar-refractivity contribution in [2.75, 3.05) is 5.32 Å². The minimum atomic E-state index is -0.309. The number of nitrogens with zero attached hydrogens (tertiary/aromatic N) is 2. The van der Waals surface area contributed by atoms with Gasteiger partial charge in [-0.3, -0.25) is 4.79 Å². The highest BCUT2D eigenvalue weighted by Crippen LogP contribution is 2.28. The van der Waals surface area contributed by atoms with Crippen LogP contribution in [-0.4, -0.2) is 17.1 Å². The zero-order valence-electron chi connectivity index (χ0n) is 23.3. The maximum Gasteiger partial charge on any atom is 0.271 e. The van der Waals surface area contributed by atoms with E-state index in [1.165, 1.54) is 27.7 Å². The molecule has 0 bridgehead atoms. The Balaban J connectivity index is 1.07. The maximum absolute atomic E-state index is 12.8. The first-order valence-corrected chi connectivity index (χ1v) is 15.3. The number of halogens is 1. The van der Waals surface area contributed by atoms with Crippen LogP contribution in [0, 0.1) is 6.92 Å². The first-order chi connectivity index (χ1) is 21.0. The van der Waals surface area contributed by atoms with Gasteiger partial charge in [0.1, 0.15) is 12.4 Å². The third kappa shape index (κ3) is 7.17. The van der Waals surface area contributed by atoms with Crippen LogP contribution >= 0.6 is 27.3 Å². The van der Waals surface area contributed by atoms with Crippen LogP contribution in [0.1, 0.15) is 27.0 Å². The maximum atomic E-state index is 12.8. The second-order valence-corrected chi connectivity index (χ2v) is 11.7. The van der Waals surface area contributed by atoms with E-state index in [9.17, 15) is 4.79 Å². The molecule has 6 nitrogen and oxygen atoms in total. The van der Waals surface area contributed by atoms with Crippen LogP contribution in [-0.2, 0) is 6.61 Å². The number of thiazole rings is 1. The Labute approximate surface area is 262 Å². The van der Waals surface area contributed by atoms with Crippen LogP contribution < -0.4 is 15.5 Å². The van der Waals surface area contributed by atoms with Crippen molar-refractivity contribution in [2.24, 2.45) is 5.10 Å². The van der Waals surface area contributed by atoms with Gasteiger partial charge in [0.05, 0.1) is 11.9 Å². The fourth-order valence-electron chi connectivity index (χ4n) is 4.48. The van der Waals surface area contributed by atoms with Gasteiger partial charge in [0.25, 0.3) is 5.91 Å². The molecule has 212 valence electrons. The van der Waals surface area contributed by atoms with Crippen molar-refractivity contribution in [1.82, 2.24) is 10.4 Å². The van der Waals surface area contributed by atoms with Gasteiger partial charge in [-0.1, -0.05) is 82.2 Å². The summed E-state index contributed by atoms with van der Waals surface area (Å²) in [6.45, 7) is 2.47. The van der Waals surface area contributed by atoms with E-state index in [2.05, 4.69) is 86.1 Å². The molecule has 0 unspecified atom stereocenters. The van der Waals surface area contributed by atoms with Crippen LogP contribution in [0.5, 0.6) is 5.75 Å². The SMILES string of the molecule is Cc1ccc(Nc2nc(-c3ccc(C(=O)N/N=C\c4cc(Br)ccc4OCc4ccc5ccccc5c4)cc3)cs2)cc1. The molecule has 5 aromatic carbocycles. The number of rotatable bonds is 9. The molecule has 0 atom stereocenters. The molecular formula is C35H27BrN4O2S.